The Hall–Kier alpha value is -1.46. The molecule has 1 aromatic carbocycles. The van der Waals surface area contributed by atoms with E-state index in [1.165, 1.54) is 6.07 Å². The molecule has 0 aliphatic rings. The Kier molecular flexibility index (Phi) is 7.84. The van der Waals surface area contributed by atoms with Gasteiger partial charge < -0.3 is 10.4 Å². The summed E-state index contributed by atoms with van der Waals surface area (Å²) in [5.41, 5.74) is 1.12. The predicted octanol–water partition coefficient (Wildman–Crippen LogP) is 3.19. The highest BCUT2D eigenvalue weighted by Gasteiger charge is 2.13. The molecule has 0 saturated heterocycles. The maximum absolute atomic E-state index is 10.8. The molecule has 0 heterocycles. The van der Waals surface area contributed by atoms with Crippen LogP contribution in [0, 0.1) is 10.1 Å². The van der Waals surface area contributed by atoms with Gasteiger partial charge in [-0.3, -0.25) is 10.1 Å². The number of aliphatic hydroxyl groups excluding tert-OH is 1. The number of nitro groups is 1. The number of benzene rings is 1. The van der Waals surface area contributed by atoms with E-state index in [4.69, 9.17) is 5.11 Å². The van der Waals surface area contributed by atoms with E-state index in [1.807, 2.05) is 6.07 Å². The predicted molar refractivity (Wildman–Crippen MR) is 79.7 cm³/mol. The second-order valence-electron chi connectivity index (χ2n) is 4.93. The van der Waals surface area contributed by atoms with E-state index in [1.54, 1.807) is 12.1 Å². The van der Waals surface area contributed by atoms with E-state index in [9.17, 15) is 10.1 Å². The fraction of sp³-hybridized carbons (Fsp3) is 0.600. The molecule has 5 nitrogen and oxygen atoms in total. The molecule has 1 unspecified atom stereocenters. The molecule has 0 radical (unpaired) electrons. The number of aliphatic hydroxyl groups is 1. The van der Waals surface area contributed by atoms with Gasteiger partial charge in [-0.15, -0.1) is 0 Å². The molecule has 0 aliphatic carbocycles. The van der Waals surface area contributed by atoms with Crippen LogP contribution in [0.1, 0.15) is 50.6 Å². The summed E-state index contributed by atoms with van der Waals surface area (Å²) in [5, 5.41) is 23.0. The van der Waals surface area contributed by atoms with Crippen LogP contribution in [0.15, 0.2) is 24.3 Å². The zero-order valence-corrected chi connectivity index (χ0v) is 12.0. The average Bonchev–Trinajstić information content (AvgIpc) is 2.46. The van der Waals surface area contributed by atoms with Gasteiger partial charge in [0.2, 0.25) is 0 Å². The number of rotatable bonds is 10. The summed E-state index contributed by atoms with van der Waals surface area (Å²) >= 11 is 0. The zero-order valence-electron chi connectivity index (χ0n) is 12.0. The van der Waals surface area contributed by atoms with Gasteiger partial charge in [-0.25, -0.2) is 0 Å². The molecule has 1 aromatic rings. The topological polar surface area (TPSA) is 75.4 Å². The molecule has 112 valence electrons. The molecule has 1 atom stereocenters. The van der Waals surface area contributed by atoms with Crippen molar-refractivity contribution in [1.82, 2.24) is 5.32 Å². The van der Waals surface area contributed by atoms with Crippen molar-refractivity contribution in [1.29, 1.82) is 0 Å². The number of unbranched alkanes of at least 4 members (excludes halogenated alkanes) is 2. The summed E-state index contributed by atoms with van der Waals surface area (Å²) in [6, 6.07) is 7.01. The van der Waals surface area contributed by atoms with Crippen LogP contribution in [0.25, 0.3) is 0 Å². The molecular weight excluding hydrogens is 256 g/mol. The van der Waals surface area contributed by atoms with Crippen molar-refractivity contribution in [3.8, 4) is 0 Å². The lowest BCUT2D eigenvalue weighted by atomic mass is 10.0. The lowest BCUT2D eigenvalue weighted by Gasteiger charge is -2.18. The summed E-state index contributed by atoms with van der Waals surface area (Å²) in [6.07, 6.45) is 4.82. The molecule has 2 N–H and O–H groups in total. The van der Waals surface area contributed by atoms with E-state index >= 15 is 0 Å². The molecule has 0 amide bonds. The number of nitrogens with zero attached hydrogens (tertiary/aromatic N) is 1. The van der Waals surface area contributed by atoms with Crippen LogP contribution in [0.3, 0.4) is 0 Å². The smallest absolute Gasteiger partial charge is 0.269 e. The number of non-ortho nitro benzene ring substituents is 1. The minimum Gasteiger partial charge on any atom is -0.396 e. The van der Waals surface area contributed by atoms with E-state index in [-0.39, 0.29) is 23.3 Å². The lowest BCUT2D eigenvalue weighted by molar-refractivity contribution is -0.384. The van der Waals surface area contributed by atoms with E-state index in [0.29, 0.717) is 0 Å². The van der Waals surface area contributed by atoms with Gasteiger partial charge in [0.05, 0.1) is 4.92 Å². The van der Waals surface area contributed by atoms with Gasteiger partial charge in [0.15, 0.2) is 0 Å². The van der Waals surface area contributed by atoms with Gasteiger partial charge in [-0.05, 0) is 37.8 Å². The standard InChI is InChI=1S/C15H24N2O3/c1-2-7-15(16-10-4-3-5-11-18)13-8-6-9-14(12-13)17(19)20/h6,8-9,12,15-16,18H,2-5,7,10-11H2,1H3. The molecular formula is C15H24N2O3. The third kappa shape index (κ3) is 5.67. The first-order valence-corrected chi connectivity index (χ1v) is 7.27. The second kappa shape index (κ2) is 9.44. The third-order valence-electron chi connectivity index (χ3n) is 3.29. The summed E-state index contributed by atoms with van der Waals surface area (Å²) < 4.78 is 0. The third-order valence-corrected chi connectivity index (χ3v) is 3.29. The zero-order chi connectivity index (χ0) is 14.8. The van der Waals surface area contributed by atoms with Crippen LogP contribution >= 0.6 is 0 Å². The lowest BCUT2D eigenvalue weighted by Crippen LogP contribution is -2.22. The average molecular weight is 280 g/mol. The monoisotopic (exact) mass is 280 g/mol. The number of nitrogens with one attached hydrogen (secondary N) is 1. The Balaban J connectivity index is 2.60. The molecule has 0 bridgehead atoms. The Bertz CT molecular complexity index is 410. The molecule has 0 aliphatic heterocycles. The maximum atomic E-state index is 10.8. The second-order valence-corrected chi connectivity index (χ2v) is 4.93. The highest BCUT2D eigenvalue weighted by atomic mass is 16.6. The summed E-state index contributed by atoms with van der Waals surface area (Å²) in [7, 11) is 0. The fourth-order valence-corrected chi connectivity index (χ4v) is 2.22. The van der Waals surface area contributed by atoms with E-state index in [0.717, 1.165) is 44.2 Å². The van der Waals surface area contributed by atoms with E-state index < -0.39 is 0 Å². The van der Waals surface area contributed by atoms with Gasteiger partial charge in [-0.1, -0.05) is 25.5 Å². The van der Waals surface area contributed by atoms with Crippen molar-refractivity contribution in [3.63, 3.8) is 0 Å². The maximum Gasteiger partial charge on any atom is 0.269 e. The molecule has 0 aromatic heterocycles. The molecule has 20 heavy (non-hydrogen) atoms. The molecule has 1 rings (SSSR count). The minimum absolute atomic E-state index is 0.144. The summed E-state index contributed by atoms with van der Waals surface area (Å²) in [6.45, 7) is 3.22. The van der Waals surface area contributed by atoms with Crippen molar-refractivity contribution in [2.24, 2.45) is 0 Å². The van der Waals surface area contributed by atoms with E-state index in [2.05, 4.69) is 12.2 Å². The Labute approximate surface area is 120 Å². The fourth-order valence-electron chi connectivity index (χ4n) is 2.22. The van der Waals surface area contributed by atoms with Gasteiger partial charge in [0, 0.05) is 24.8 Å². The van der Waals surface area contributed by atoms with Crippen molar-refractivity contribution in [2.45, 2.75) is 45.1 Å². The number of hydrogen-bond acceptors (Lipinski definition) is 4. The summed E-state index contributed by atoms with van der Waals surface area (Å²) in [5.74, 6) is 0. The van der Waals surface area contributed by atoms with Crippen molar-refractivity contribution >= 4 is 5.69 Å². The van der Waals surface area contributed by atoms with Crippen molar-refractivity contribution in [2.75, 3.05) is 13.2 Å². The minimum atomic E-state index is -0.353. The molecule has 0 fully saturated rings. The highest BCUT2D eigenvalue weighted by molar-refractivity contribution is 5.35. The van der Waals surface area contributed by atoms with Gasteiger partial charge in [0.25, 0.3) is 5.69 Å². The first-order valence-electron chi connectivity index (χ1n) is 7.27. The van der Waals surface area contributed by atoms with Crippen LogP contribution < -0.4 is 5.32 Å². The van der Waals surface area contributed by atoms with Crippen LogP contribution in [-0.4, -0.2) is 23.2 Å². The number of hydrogen-bond donors (Lipinski definition) is 2. The van der Waals surface area contributed by atoms with Gasteiger partial charge >= 0.3 is 0 Å². The largest absolute Gasteiger partial charge is 0.396 e. The summed E-state index contributed by atoms with van der Waals surface area (Å²) in [4.78, 5) is 10.5. The molecule has 5 heteroatoms. The molecule has 0 saturated carbocycles. The first kappa shape index (κ1) is 16.6. The van der Waals surface area contributed by atoms with Crippen molar-refractivity contribution < 1.29 is 10.0 Å². The van der Waals surface area contributed by atoms with Gasteiger partial charge in [0.1, 0.15) is 0 Å². The SMILES string of the molecule is CCCC(NCCCCCO)c1cccc([N+](=O)[O-])c1. The van der Waals surface area contributed by atoms with Crippen LogP contribution in [0.2, 0.25) is 0 Å². The molecule has 0 spiro atoms. The Morgan fingerprint density at radius 1 is 1.35 bits per heavy atom. The first-order chi connectivity index (χ1) is 9.69. The van der Waals surface area contributed by atoms with Crippen molar-refractivity contribution in [3.05, 3.63) is 39.9 Å². The Morgan fingerprint density at radius 2 is 2.15 bits per heavy atom. The van der Waals surface area contributed by atoms with Crippen LogP contribution in [0.4, 0.5) is 5.69 Å². The van der Waals surface area contributed by atoms with Gasteiger partial charge in [-0.2, -0.15) is 0 Å². The van der Waals surface area contributed by atoms with Crippen LogP contribution in [0.5, 0.6) is 0 Å². The Morgan fingerprint density at radius 3 is 2.80 bits per heavy atom. The normalized spacial score (nSPS) is 12.3. The van der Waals surface area contributed by atoms with Crippen LogP contribution in [-0.2, 0) is 0 Å². The highest BCUT2D eigenvalue weighted by Crippen LogP contribution is 2.22. The quantitative estimate of drug-likeness (QED) is 0.392. The number of nitro benzene ring substituents is 1.